The van der Waals surface area contributed by atoms with E-state index in [0.717, 1.165) is 12.8 Å². The third kappa shape index (κ3) is 5.16. The number of hydrogen-bond acceptors (Lipinski definition) is 2. The lowest BCUT2D eigenvalue weighted by Crippen LogP contribution is -2.67. The van der Waals surface area contributed by atoms with E-state index < -0.39 is 8.32 Å². The molecule has 0 heterocycles. The topological polar surface area (TPSA) is 26.3 Å². The van der Waals surface area contributed by atoms with E-state index >= 15 is 0 Å². The molecule has 0 aromatic heterocycles. The van der Waals surface area contributed by atoms with Crippen LogP contribution in [0.25, 0.3) is 0 Å². The molecule has 0 amide bonds. The van der Waals surface area contributed by atoms with E-state index in [1.807, 2.05) is 30.3 Å². The number of carbonyl (C=O) groups excluding carboxylic acids is 1. The van der Waals surface area contributed by atoms with E-state index in [1.54, 1.807) is 0 Å². The molecular weight excluding hydrogens is 384 g/mol. The smallest absolute Gasteiger partial charge is 0.261 e. The molecule has 0 fully saturated rings. The summed E-state index contributed by atoms with van der Waals surface area (Å²) < 4.78 is 6.72. The normalized spacial score (nSPS) is 12.0. The molecule has 30 heavy (non-hydrogen) atoms. The molecule has 0 aliphatic heterocycles. The van der Waals surface area contributed by atoms with Gasteiger partial charge in [0.1, 0.15) is 0 Å². The van der Waals surface area contributed by atoms with Crippen LogP contribution in [0.1, 0.15) is 39.2 Å². The molecule has 0 N–H and O–H groups in total. The first kappa shape index (κ1) is 22.2. The maximum Gasteiger partial charge on any atom is 0.261 e. The Balaban J connectivity index is 1.78. The zero-order valence-electron chi connectivity index (χ0n) is 18.3. The Bertz CT molecular complexity index is 876. The van der Waals surface area contributed by atoms with Crippen molar-refractivity contribution >= 4 is 24.5 Å². The Labute approximate surface area is 182 Å². The molecule has 2 nitrogen and oxygen atoms in total. The Morgan fingerprint density at radius 3 is 1.70 bits per heavy atom. The second-order valence-corrected chi connectivity index (χ2v) is 13.1. The summed E-state index contributed by atoms with van der Waals surface area (Å²) in [7, 11) is -2.64. The van der Waals surface area contributed by atoms with Crippen LogP contribution in [0.3, 0.4) is 0 Å². The molecule has 0 aliphatic rings. The summed E-state index contributed by atoms with van der Waals surface area (Å²) in [6, 6.07) is 31.3. The average molecular weight is 417 g/mol. The van der Waals surface area contributed by atoms with Gasteiger partial charge in [0.15, 0.2) is 5.78 Å². The molecule has 0 spiro atoms. The van der Waals surface area contributed by atoms with Crippen molar-refractivity contribution in [3.63, 3.8) is 0 Å². The summed E-state index contributed by atoms with van der Waals surface area (Å²) in [5.41, 5.74) is 1.28. The summed E-state index contributed by atoms with van der Waals surface area (Å²) in [5, 5.41) is 2.31. The van der Waals surface area contributed by atoms with Crippen LogP contribution in [-0.2, 0) is 15.6 Å². The van der Waals surface area contributed by atoms with Crippen molar-refractivity contribution in [1.82, 2.24) is 0 Å². The monoisotopic (exact) mass is 416 g/mol. The molecule has 0 atom stereocenters. The number of Topliss-reactive ketones (excluding diaryl/α,β-unsaturated/α-hetero) is 1. The van der Waals surface area contributed by atoms with Gasteiger partial charge >= 0.3 is 0 Å². The van der Waals surface area contributed by atoms with Crippen LogP contribution in [0.4, 0.5) is 0 Å². The highest BCUT2D eigenvalue weighted by Gasteiger charge is 2.50. The Morgan fingerprint density at radius 2 is 1.23 bits per heavy atom. The number of ketones is 1. The van der Waals surface area contributed by atoms with E-state index in [4.69, 9.17) is 4.43 Å². The molecule has 3 aromatic rings. The first-order chi connectivity index (χ1) is 14.4. The van der Waals surface area contributed by atoms with Crippen molar-refractivity contribution in [3.05, 3.63) is 96.6 Å². The minimum absolute atomic E-state index is 0.111. The van der Waals surface area contributed by atoms with Crippen LogP contribution in [0, 0.1) is 0 Å². The fourth-order valence-corrected chi connectivity index (χ4v) is 8.69. The molecule has 3 rings (SSSR count). The summed E-state index contributed by atoms with van der Waals surface area (Å²) in [6.45, 7) is 6.87. The van der Waals surface area contributed by atoms with Crippen molar-refractivity contribution < 1.29 is 9.22 Å². The highest BCUT2D eigenvalue weighted by molar-refractivity contribution is 6.99. The quantitative estimate of drug-likeness (QED) is 0.451. The number of benzene rings is 3. The molecule has 0 radical (unpaired) electrons. The van der Waals surface area contributed by atoms with E-state index in [0.29, 0.717) is 6.42 Å². The summed E-state index contributed by atoms with van der Waals surface area (Å²) in [4.78, 5) is 12.8. The molecule has 0 unspecified atom stereocenters. The molecule has 0 saturated carbocycles. The lowest BCUT2D eigenvalue weighted by molar-refractivity contribution is -0.121. The highest BCUT2D eigenvalue weighted by Crippen LogP contribution is 2.36. The van der Waals surface area contributed by atoms with Crippen molar-refractivity contribution in [2.75, 3.05) is 6.61 Å². The van der Waals surface area contributed by atoms with Crippen molar-refractivity contribution in [1.29, 1.82) is 0 Å². The van der Waals surface area contributed by atoms with Gasteiger partial charge in [-0.05, 0) is 33.8 Å². The molecule has 156 valence electrons. The van der Waals surface area contributed by atoms with Gasteiger partial charge in [-0.15, -0.1) is 0 Å². The van der Waals surface area contributed by atoms with Gasteiger partial charge in [-0.3, -0.25) is 4.79 Å². The lowest BCUT2D eigenvalue weighted by atomic mass is 10.1. The fourth-order valence-electron chi connectivity index (χ4n) is 4.16. The van der Waals surface area contributed by atoms with Gasteiger partial charge in [0.05, 0.1) is 6.61 Å². The summed E-state index contributed by atoms with van der Waals surface area (Å²) in [6.07, 6.45) is 2.33. The van der Waals surface area contributed by atoms with Crippen LogP contribution < -0.4 is 10.4 Å². The Kier molecular flexibility index (Phi) is 7.41. The van der Waals surface area contributed by atoms with Crippen LogP contribution in [0.2, 0.25) is 5.04 Å². The zero-order chi connectivity index (χ0) is 21.5. The van der Waals surface area contributed by atoms with Gasteiger partial charge in [-0.1, -0.05) is 112 Å². The van der Waals surface area contributed by atoms with Crippen LogP contribution in [-0.4, -0.2) is 20.7 Å². The van der Waals surface area contributed by atoms with Gasteiger partial charge in [-0.2, -0.15) is 0 Å². The molecule has 0 saturated heterocycles. The second-order valence-electron chi connectivity index (χ2n) is 8.83. The molecule has 3 aromatic carbocycles. The SMILES string of the molecule is CC(C)(C)[Si](OCC(=O)CCCc1ccccc1)(c1ccccc1)c1ccccc1. The zero-order valence-corrected chi connectivity index (χ0v) is 19.3. The molecule has 0 bridgehead atoms. The minimum atomic E-state index is -2.64. The van der Waals surface area contributed by atoms with Gasteiger partial charge in [0.25, 0.3) is 8.32 Å². The maximum absolute atomic E-state index is 12.8. The van der Waals surface area contributed by atoms with Gasteiger partial charge in [-0.25, -0.2) is 0 Å². The first-order valence-corrected chi connectivity index (χ1v) is 12.6. The number of carbonyl (C=O) groups is 1. The highest BCUT2D eigenvalue weighted by atomic mass is 28.4. The largest absolute Gasteiger partial charge is 0.400 e. The fraction of sp³-hybridized carbons (Fsp3) is 0.296. The van der Waals surface area contributed by atoms with E-state index in [2.05, 4.69) is 81.4 Å². The van der Waals surface area contributed by atoms with E-state index in [-0.39, 0.29) is 17.4 Å². The van der Waals surface area contributed by atoms with Crippen LogP contribution in [0.5, 0.6) is 0 Å². The molecular formula is C27H32O2Si. The van der Waals surface area contributed by atoms with Crippen LogP contribution in [0.15, 0.2) is 91.0 Å². The third-order valence-corrected chi connectivity index (χ3v) is 10.6. The van der Waals surface area contributed by atoms with E-state index in [9.17, 15) is 4.79 Å². The lowest BCUT2D eigenvalue weighted by Gasteiger charge is -2.42. The Morgan fingerprint density at radius 1 is 0.767 bits per heavy atom. The maximum atomic E-state index is 12.8. The summed E-state index contributed by atoms with van der Waals surface area (Å²) in [5.74, 6) is 0.180. The number of aryl methyl sites for hydroxylation is 1. The van der Waals surface area contributed by atoms with Gasteiger partial charge < -0.3 is 4.43 Å². The van der Waals surface area contributed by atoms with Crippen LogP contribution >= 0.6 is 0 Å². The van der Waals surface area contributed by atoms with Gasteiger partial charge in [0.2, 0.25) is 0 Å². The Hall–Kier alpha value is -2.49. The first-order valence-electron chi connectivity index (χ1n) is 10.7. The van der Waals surface area contributed by atoms with Crippen molar-refractivity contribution in [3.8, 4) is 0 Å². The minimum Gasteiger partial charge on any atom is -0.400 e. The van der Waals surface area contributed by atoms with Crippen molar-refractivity contribution in [2.24, 2.45) is 0 Å². The average Bonchev–Trinajstić information content (AvgIpc) is 2.75. The third-order valence-electron chi connectivity index (χ3n) is 5.63. The standard InChI is InChI=1S/C27H32O2Si/c1-27(2,3)30(25-18-9-5-10-19-25,26-20-11-6-12-21-26)29-22-24(28)17-13-16-23-14-7-4-8-15-23/h4-12,14-15,18-21H,13,16-17,22H2,1-3H3. The number of hydrogen-bond donors (Lipinski definition) is 0. The predicted octanol–water partition coefficient (Wildman–Crippen LogP) is 5.16. The summed E-state index contributed by atoms with van der Waals surface area (Å²) >= 11 is 0. The van der Waals surface area contributed by atoms with Gasteiger partial charge in [0, 0.05) is 6.42 Å². The molecule has 0 aliphatic carbocycles. The molecule has 3 heteroatoms. The number of rotatable bonds is 9. The second kappa shape index (κ2) is 10.0. The van der Waals surface area contributed by atoms with E-state index in [1.165, 1.54) is 15.9 Å². The predicted molar refractivity (Wildman–Crippen MR) is 128 cm³/mol. The van der Waals surface area contributed by atoms with Crippen molar-refractivity contribution in [2.45, 2.75) is 45.1 Å².